The summed E-state index contributed by atoms with van der Waals surface area (Å²) >= 11 is 5.38. The number of hydrogen-bond donors (Lipinski definition) is 2. The van der Waals surface area contributed by atoms with E-state index < -0.39 is 18.1 Å². The second kappa shape index (κ2) is 4.80. The average Bonchev–Trinajstić information content (AvgIpc) is 3.06. The number of imidazole rings is 1. The van der Waals surface area contributed by atoms with Crippen LogP contribution in [0.5, 0.6) is 0 Å². The first-order chi connectivity index (χ1) is 10.5. The van der Waals surface area contributed by atoms with Crippen LogP contribution < -0.4 is 0 Å². The molecular weight excluding hydrogens is 308 g/mol. The first-order valence-corrected chi connectivity index (χ1v) is 7.43. The van der Waals surface area contributed by atoms with Gasteiger partial charge in [-0.2, -0.15) is 0 Å². The van der Waals surface area contributed by atoms with Gasteiger partial charge in [0.1, 0.15) is 30.2 Å². The van der Waals surface area contributed by atoms with Crippen LogP contribution in [0.25, 0.3) is 11.2 Å². The highest BCUT2D eigenvalue weighted by molar-refractivity contribution is 7.71. The summed E-state index contributed by atoms with van der Waals surface area (Å²) in [6.07, 6.45) is 1.41. The molecule has 0 bridgehead atoms. The highest BCUT2D eigenvalue weighted by Crippen LogP contribution is 2.43. The zero-order valence-electron chi connectivity index (χ0n) is 12.1. The SMILES string of the molecule is CC1(C)O[C@@H]2[C@H](O1)[C@@H](CO)O[C@H]2n1c(=S)[nH]c2cncnc21. The van der Waals surface area contributed by atoms with Crippen LogP contribution in [0.3, 0.4) is 0 Å². The lowest BCUT2D eigenvalue weighted by molar-refractivity contribution is -0.199. The van der Waals surface area contributed by atoms with Gasteiger partial charge in [0.05, 0.1) is 12.8 Å². The van der Waals surface area contributed by atoms with Crippen LogP contribution in [0.4, 0.5) is 0 Å². The lowest BCUT2D eigenvalue weighted by Crippen LogP contribution is -2.31. The van der Waals surface area contributed by atoms with Gasteiger partial charge in [0.2, 0.25) is 0 Å². The van der Waals surface area contributed by atoms with E-state index in [1.165, 1.54) is 6.33 Å². The van der Waals surface area contributed by atoms with E-state index in [2.05, 4.69) is 15.0 Å². The number of ether oxygens (including phenoxy) is 3. The molecule has 0 saturated carbocycles. The maximum atomic E-state index is 9.55. The second-order valence-electron chi connectivity index (χ2n) is 5.87. The van der Waals surface area contributed by atoms with Crippen molar-refractivity contribution in [1.82, 2.24) is 19.5 Å². The van der Waals surface area contributed by atoms with Crippen molar-refractivity contribution in [2.24, 2.45) is 0 Å². The Kier molecular flexibility index (Phi) is 3.10. The molecule has 2 aromatic rings. The zero-order chi connectivity index (χ0) is 15.5. The van der Waals surface area contributed by atoms with E-state index in [1.54, 1.807) is 10.8 Å². The molecule has 118 valence electrons. The zero-order valence-corrected chi connectivity index (χ0v) is 12.9. The van der Waals surface area contributed by atoms with Crippen LogP contribution in [0.15, 0.2) is 12.5 Å². The third-order valence-electron chi connectivity index (χ3n) is 3.94. The lowest BCUT2D eigenvalue weighted by atomic mass is 10.1. The van der Waals surface area contributed by atoms with Crippen LogP contribution in [-0.2, 0) is 14.2 Å². The fourth-order valence-electron chi connectivity index (χ4n) is 3.12. The molecule has 0 unspecified atom stereocenters. The van der Waals surface area contributed by atoms with E-state index in [9.17, 15) is 5.11 Å². The number of hydrogen-bond acceptors (Lipinski definition) is 7. The van der Waals surface area contributed by atoms with E-state index in [4.69, 9.17) is 26.4 Å². The van der Waals surface area contributed by atoms with Crippen LogP contribution in [0, 0.1) is 4.77 Å². The highest BCUT2D eigenvalue weighted by Gasteiger charge is 2.56. The molecule has 4 atom stereocenters. The number of fused-ring (bicyclic) bond motifs is 2. The maximum absolute atomic E-state index is 9.55. The van der Waals surface area contributed by atoms with Gasteiger partial charge in [0.25, 0.3) is 0 Å². The quantitative estimate of drug-likeness (QED) is 0.793. The molecule has 0 spiro atoms. The Labute approximate surface area is 131 Å². The summed E-state index contributed by atoms with van der Waals surface area (Å²) < 4.78 is 20.0. The molecular formula is C13H16N4O4S. The number of aromatic nitrogens is 4. The summed E-state index contributed by atoms with van der Waals surface area (Å²) in [5, 5.41) is 9.55. The summed E-state index contributed by atoms with van der Waals surface area (Å²) in [7, 11) is 0. The molecule has 0 aliphatic carbocycles. The van der Waals surface area contributed by atoms with Gasteiger partial charge in [-0.25, -0.2) is 9.97 Å². The standard InChI is InChI=1S/C13H16N4O4S/c1-13(2)20-8-7(4-18)19-11(9(8)21-13)17-10-6(16-12(17)22)3-14-5-15-10/h3,5,7-9,11,18H,4H2,1-2H3,(H,16,22)/t7-,8-,9-,11-/m1/s1. The molecule has 2 aliphatic rings. The molecule has 0 amide bonds. The number of aliphatic hydroxyl groups is 1. The van der Waals surface area contributed by atoms with Gasteiger partial charge in [0.15, 0.2) is 22.4 Å². The predicted molar refractivity (Wildman–Crippen MR) is 77.5 cm³/mol. The molecule has 2 N–H and O–H groups in total. The van der Waals surface area contributed by atoms with E-state index in [0.717, 1.165) is 5.52 Å². The lowest BCUT2D eigenvalue weighted by Gasteiger charge is -2.24. The number of H-pyrrole nitrogens is 1. The van der Waals surface area contributed by atoms with E-state index in [-0.39, 0.29) is 18.8 Å². The Balaban J connectivity index is 1.81. The number of aliphatic hydroxyl groups excluding tert-OH is 1. The van der Waals surface area contributed by atoms with Gasteiger partial charge in [-0.3, -0.25) is 4.57 Å². The van der Waals surface area contributed by atoms with Crippen LogP contribution in [0.2, 0.25) is 0 Å². The average molecular weight is 324 g/mol. The van der Waals surface area contributed by atoms with Crippen LogP contribution in [-0.4, -0.2) is 55.3 Å². The number of rotatable bonds is 2. The van der Waals surface area contributed by atoms with Crippen molar-refractivity contribution in [2.75, 3.05) is 6.61 Å². The molecule has 2 fully saturated rings. The van der Waals surface area contributed by atoms with E-state index >= 15 is 0 Å². The first-order valence-electron chi connectivity index (χ1n) is 7.02. The number of nitrogens with zero attached hydrogens (tertiary/aromatic N) is 3. The number of aromatic amines is 1. The van der Waals surface area contributed by atoms with Gasteiger partial charge in [-0.05, 0) is 26.1 Å². The van der Waals surface area contributed by atoms with Gasteiger partial charge in [-0.1, -0.05) is 0 Å². The molecule has 2 saturated heterocycles. The summed E-state index contributed by atoms with van der Waals surface area (Å²) in [5.74, 6) is -0.728. The summed E-state index contributed by atoms with van der Waals surface area (Å²) in [6.45, 7) is 3.53. The van der Waals surface area contributed by atoms with E-state index in [0.29, 0.717) is 10.4 Å². The minimum Gasteiger partial charge on any atom is -0.394 e. The van der Waals surface area contributed by atoms with E-state index in [1.807, 2.05) is 13.8 Å². The maximum Gasteiger partial charge on any atom is 0.181 e. The van der Waals surface area contributed by atoms with Crippen molar-refractivity contribution in [1.29, 1.82) is 0 Å². The molecule has 4 rings (SSSR count). The first kappa shape index (κ1) is 14.2. The molecule has 9 heteroatoms. The molecule has 8 nitrogen and oxygen atoms in total. The summed E-state index contributed by atoms with van der Waals surface area (Å²) in [6, 6.07) is 0. The number of nitrogens with one attached hydrogen (secondary N) is 1. The molecule has 22 heavy (non-hydrogen) atoms. The van der Waals surface area contributed by atoms with Gasteiger partial charge in [0, 0.05) is 0 Å². The van der Waals surface area contributed by atoms with Crippen molar-refractivity contribution >= 4 is 23.4 Å². The Morgan fingerprint density at radius 3 is 2.95 bits per heavy atom. The van der Waals surface area contributed by atoms with Crippen molar-refractivity contribution in [3.05, 3.63) is 17.3 Å². The molecule has 2 aromatic heterocycles. The normalized spacial score (nSPS) is 33.4. The predicted octanol–water partition coefficient (Wildman–Crippen LogP) is 0.899. The monoisotopic (exact) mass is 324 g/mol. The molecule has 4 heterocycles. The van der Waals surface area contributed by atoms with Gasteiger partial charge < -0.3 is 24.3 Å². The molecule has 0 radical (unpaired) electrons. The fraction of sp³-hybridized carbons (Fsp3) is 0.615. The molecule has 2 aliphatic heterocycles. The Morgan fingerprint density at radius 2 is 2.18 bits per heavy atom. The Bertz CT molecular complexity index is 773. The van der Waals surface area contributed by atoms with Crippen molar-refractivity contribution in [2.45, 2.75) is 44.2 Å². The third-order valence-corrected chi connectivity index (χ3v) is 4.24. The van der Waals surface area contributed by atoms with Crippen molar-refractivity contribution in [3.63, 3.8) is 0 Å². The minimum atomic E-state index is -0.728. The summed E-state index contributed by atoms with van der Waals surface area (Å²) in [5.41, 5.74) is 1.36. The Hall–Kier alpha value is -1.39. The van der Waals surface area contributed by atoms with Gasteiger partial charge >= 0.3 is 0 Å². The Morgan fingerprint density at radius 1 is 1.41 bits per heavy atom. The smallest absolute Gasteiger partial charge is 0.181 e. The van der Waals surface area contributed by atoms with Crippen LogP contribution >= 0.6 is 12.2 Å². The van der Waals surface area contributed by atoms with Crippen molar-refractivity contribution < 1.29 is 19.3 Å². The summed E-state index contributed by atoms with van der Waals surface area (Å²) in [4.78, 5) is 11.3. The fourth-order valence-corrected chi connectivity index (χ4v) is 3.43. The van der Waals surface area contributed by atoms with Gasteiger partial charge in [-0.15, -0.1) is 0 Å². The third kappa shape index (κ3) is 2.01. The second-order valence-corrected chi connectivity index (χ2v) is 6.26. The minimum absolute atomic E-state index is 0.151. The van der Waals surface area contributed by atoms with Crippen LogP contribution in [0.1, 0.15) is 20.1 Å². The molecule has 0 aromatic carbocycles. The van der Waals surface area contributed by atoms with Crippen molar-refractivity contribution in [3.8, 4) is 0 Å². The largest absolute Gasteiger partial charge is 0.394 e. The topological polar surface area (TPSA) is 94.4 Å². The highest BCUT2D eigenvalue weighted by atomic mass is 32.1.